The first-order valence-corrected chi connectivity index (χ1v) is 10.3. The highest BCUT2D eigenvalue weighted by Gasteiger charge is 2.11. The number of aromatic nitrogens is 1. The Labute approximate surface area is 175 Å². The highest BCUT2D eigenvalue weighted by atomic mass is 79.9. The normalized spacial score (nSPS) is 10.5. The first-order chi connectivity index (χ1) is 13.5. The predicted octanol–water partition coefficient (Wildman–Crippen LogP) is 4.55. The van der Waals surface area contributed by atoms with Crippen LogP contribution in [0.4, 0.5) is 5.69 Å². The molecule has 0 aliphatic carbocycles. The molecule has 1 aromatic heterocycles. The number of amides is 1. The van der Waals surface area contributed by atoms with Crippen molar-refractivity contribution in [1.29, 1.82) is 0 Å². The molecule has 0 fully saturated rings. The zero-order chi connectivity index (χ0) is 19.9. The number of methoxy groups -OCH3 is 1. The van der Waals surface area contributed by atoms with E-state index in [-0.39, 0.29) is 23.6 Å². The fourth-order valence-electron chi connectivity index (χ4n) is 2.58. The molecule has 0 atom stereocenters. The van der Waals surface area contributed by atoms with Gasteiger partial charge in [0.05, 0.1) is 13.3 Å². The lowest BCUT2D eigenvalue weighted by Gasteiger charge is -2.15. The molecule has 5 nitrogen and oxygen atoms in total. The topological polar surface area (TPSA) is 60.3 Å². The minimum atomic E-state index is -0.198. The van der Waals surface area contributed by atoms with E-state index < -0.39 is 0 Å². The van der Waals surface area contributed by atoms with Crippen molar-refractivity contribution in [2.24, 2.45) is 0 Å². The zero-order valence-corrected chi connectivity index (χ0v) is 17.6. The van der Waals surface area contributed by atoms with Gasteiger partial charge in [0.15, 0.2) is 5.75 Å². The second kappa shape index (κ2) is 9.61. The number of carbonyl (C=O) groups is 1. The number of anilines is 1. The molecule has 3 aromatic rings. The molecule has 2 aromatic carbocycles. The molecule has 144 valence electrons. The standard InChI is InChI=1S/C21H19BrN2O3S/c1-27-20-12-24(13-21(26)23-16-9-7-15(22)8-10-16)17(11-19(20)25)14-28-18-5-3-2-4-6-18/h2-12H,13-14H2,1H3,(H,23,26). The largest absolute Gasteiger partial charge is 0.491 e. The summed E-state index contributed by atoms with van der Waals surface area (Å²) < 4.78 is 7.83. The second-order valence-corrected chi connectivity index (χ2v) is 7.95. The third-order valence-corrected chi connectivity index (χ3v) is 5.55. The van der Waals surface area contributed by atoms with Gasteiger partial charge in [-0.25, -0.2) is 0 Å². The Morgan fingerprint density at radius 2 is 1.86 bits per heavy atom. The average Bonchev–Trinajstić information content (AvgIpc) is 2.70. The van der Waals surface area contributed by atoms with Crippen LogP contribution in [0, 0.1) is 0 Å². The summed E-state index contributed by atoms with van der Waals surface area (Å²) in [7, 11) is 1.45. The van der Waals surface area contributed by atoms with Crippen LogP contribution in [-0.2, 0) is 17.1 Å². The van der Waals surface area contributed by atoms with Crippen LogP contribution in [0.3, 0.4) is 0 Å². The number of halogens is 1. The first kappa shape index (κ1) is 20.2. The molecule has 0 bridgehead atoms. The van der Waals surface area contributed by atoms with Crippen molar-refractivity contribution >= 4 is 39.3 Å². The quantitative estimate of drug-likeness (QED) is 0.527. The Balaban J connectivity index is 1.78. The van der Waals surface area contributed by atoms with Crippen molar-refractivity contribution in [3.05, 3.63) is 87.3 Å². The Morgan fingerprint density at radius 1 is 1.14 bits per heavy atom. The summed E-state index contributed by atoms with van der Waals surface area (Å²) in [6.45, 7) is 0.0807. The number of thioether (sulfide) groups is 1. The number of hydrogen-bond donors (Lipinski definition) is 1. The lowest BCUT2D eigenvalue weighted by molar-refractivity contribution is -0.116. The van der Waals surface area contributed by atoms with Gasteiger partial charge in [-0.05, 0) is 36.4 Å². The summed E-state index contributed by atoms with van der Waals surface area (Å²) in [5.41, 5.74) is 1.27. The fourth-order valence-corrected chi connectivity index (χ4v) is 3.76. The van der Waals surface area contributed by atoms with Crippen LogP contribution in [0.1, 0.15) is 5.69 Å². The van der Waals surface area contributed by atoms with Crippen LogP contribution in [0.2, 0.25) is 0 Å². The van der Waals surface area contributed by atoms with Crippen molar-refractivity contribution in [2.45, 2.75) is 17.2 Å². The number of nitrogens with zero attached hydrogens (tertiary/aromatic N) is 1. The van der Waals surface area contributed by atoms with E-state index >= 15 is 0 Å². The van der Waals surface area contributed by atoms with E-state index in [1.165, 1.54) is 13.2 Å². The predicted molar refractivity (Wildman–Crippen MR) is 116 cm³/mol. The van der Waals surface area contributed by atoms with E-state index in [9.17, 15) is 9.59 Å². The van der Waals surface area contributed by atoms with Crippen molar-refractivity contribution in [2.75, 3.05) is 12.4 Å². The van der Waals surface area contributed by atoms with Gasteiger partial charge < -0.3 is 14.6 Å². The number of pyridine rings is 1. The fraction of sp³-hybridized carbons (Fsp3) is 0.143. The molecular formula is C21H19BrN2O3S. The Bertz CT molecular complexity index is 1000. The average molecular weight is 459 g/mol. The molecule has 1 heterocycles. The lowest BCUT2D eigenvalue weighted by atomic mass is 10.3. The molecular weight excluding hydrogens is 440 g/mol. The number of benzene rings is 2. The molecule has 1 N–H and O–H groups in total. The Morgan fingerprint density at radius 3 is 2.54 bits per heavy atom. The Kier molecular flexibility index (Phi) is 6.95. The van der Waals surface area contributed by atoms with Gasteiger partial charge in [-0.3, -0.25) is 9.59 Å². The molecule has 0 saturated carbocycles. The van der Waals surface area contributed by atoms with Gasteiger partial charge in [0.2, 0.25) is 11.3 Å². The Hall–Kier alpha value is -2.51. The minimum Gasteiger partial charge on any atom is -0.491 e. The molecule has 0 spiro atoms. The summed E-state index contributed by atoms with van der Waals surface area (Å²) in [5, 5.41) is 2.86. The molecule has 0 unspecified atom stereocenters. The summed E-state index contributed by atoms with van der Waals surface area (Å²) in [5.74, 6) is 0.596. The van der Waals surface area contributed by atoms with E-state index in [0.29, 0.717) is 11.4 Å². The van der Waals surface area contributed by atoms with Gasteiger partial charge in [-0.1, -0.05) is 34.1 Å². The van der Waals surface area contributed by atoms with E-state index in [1.54, 1.807) is 22.5 Å². The van der Waals surface area contributed by atoms with Gasteiger partial charge in [0.1, 0.15) is 6.54 Å². The van der Waals surface area contributed by atoms with E-state index in [2.05, 4.69) is 21.2 Å². The van der Waals surface area contributed by atoms with Crippen molar-refractivity contribution in [1.82, 2.24) is 4.57 Å². The maximum absolute atomic E-state index is 12.5. The first-order valence-electron chi connectivity index (χ1n) is 8.56. The van der Waals surface area contributed by atoms with E-state index in [4.69, 9.17) is 4.74 Å². The zero-order valence-electron chi connectivity index (χ0n) is 15.2. The van der Waals surface area contributed by atoms with Gasteiger partial charge in [0.25, 0.3) is 0 Å². The van der Waals surface area contributed by atoms with Crippen LogP contribution >= 0.6 is 27.7 Å². The van der Waals surface area contributed by atoms with E-state index in [1.807, 2.05) is 54.6 Å². The number of nitrogens with one attached hydrogen (secondary N) is 1. The summed E-state index contributed by atoms with van der Waals surface area (Å²) in [4.78, 5) is 25.8. The summed E-state index contributed by atoms with van der Waals surface area (Å²) in [6.07, 6.45) is 1.59. The van der Waals surface area contributed by atoms with Crippen molar-refractivity contribution in [3.8, 4) is 5.75 Å². The van der Waals surface area contributed by atoms with Crippen molar-refractivity contribution in [3.63, 3.8) is 0 Å². The van der Waals surface area contributed by atoms with Gasteiger partial charge >= 0.3 is 0 Å². The molecule has 1 amide bonds. The second-order valence-electron chi connectivity index (χ2n) is 5.98. The summed E-state index contributed by atoms with van der Waals surface area (Å²) >= 11 is 4.98. The minimum absolute atomic E-state index is 0.0807. The summed E-state index contributed by atoms with van der Waals surface area (Å²) in [6, 6.07) is 18.8. The lowest BCUT2D eigenvalue weighted by Crippen LogP contribution is -2.22. The molecule has 7 heteroatoms. The van der Waals surface area contributed by atoms with Crippen LogP contribution in [0.15, 0.2) is 81.0 Å². The van der Waals surface area contributed by atoms with Crippen LogP contribution in [0.5, 0.6) is 5.75 Å². The number of carbonyl (C=O) groups excluding carboxylic acids is 1. The molecule has 3 rings (SSSR count). The SMILES string of the molecule is COc1cn(CC(=O)Nc2ccc(Br)cc2)c(CSc2ccccc2)cc1=O. The molecule has 0 radical (unpaired) electrons. The number of hydrogen-bond acceptors (Lipinski definition) is 4. The molecule has 0 aliphatic rings. The maximum Gasteiger partial charge on any atom is 0.244 e. The maximum atomic E-state index is 12.5. The van der Waals surface area contributed by atoms with Gasteiger partial charge in [-0.2, -0.15) is 0 Å². The molecule has 0 saturated heterocycles. The smallest absolute Gasteiger partial charge is 0.244 e. The van der Waals surface area contributed by atoms with Gasteiger partial charge in [-0.15, -0.1) is 11.8 Å². The molecule has 0 aliphatic heterocycles. The highest BCUT2D eigenvalue weighted by molar-refractivity contribution is 9.10. The van der Waals surface area contributed by atoms with Crippen LogP contribution < -0.4 is 15.5 Å². The molecule has 28 heavy (non-hydrogen) atoms. The van der Waals surface area contributed by atoms with E-state index in [0.717, 1.165) is 15.1 Å². The van der Waals surface area contributed by atoms with Crippen LogP contribution in [-0.4, -0.2) is 17.6 Å². The number of rotatable bonds is 7. The van der Waals surface area contributed by atoms with Crippen LogP contribution in [0.25, 0.3) is 0 Å². The third-order valence-electron chi connectivity index (χ3n) is 3.97. The van der Waals surface area contributed by atoms with Crippen molar-refractivity contribution < 1.29 is 9.53 Å². The highest BCUT2D eigenvalue weighted by Crippen LogP contribution is 2.22. The number of ether oxygens (including phenoxy) is 1. The van der Waals surface area contributed by atoms with Gasteiger partial charge in [0, 0.05) is 32.6 Å². The third kappa shape index (κ3) is 5.50. The monoisotopic (exact) mass is 458 g/mol.